The molecular formula is C59H102O5. The van der Waals surface area contributed by atoms with Crippen LogP contribution in [0.1, 0.15) is 252 Å². The summed E-state index contributed by atoms with van der Waals surface area (Å²) in [6.45, 7) is 7.60. The van der Waals surface area contributed by atoms with Gasteiger partial charge < -0.3 is 14.2 Å². The van der Waals surface area contributed by atoms with Crippen LogP contribution in [-0.4, -0.2) is 37.9 Å². The second-order valence-electron chi connectivity index (χ2n) is 17.7. The normalized spacial score (nSPS) is 12.9. The van der Waals surface area contributed by atoms with Gasteiger partial charge in [-0.05, 0) is 109 Å². The molecule has 1 atom stereocenters. The maximum atomic E-state index is 12.8. The van der Waals surface area contributed by atoms with Gasteiger partial charge in [-0.2, -0.15) is 0 Å². The van der Waals surface area contributed by atoms with Crippen molar-refractivity contribution in [2.75, 3.05) is 19.8 Å². The van der Waals surface area contributed by atoms with E-state index in [4.69, 9.17) is 14.2 Å². The fourth-order valence-electron chi connectivity index (χ4n) is 7.36. The number of carbonyl (C=O) groups excluding carboxylic acids is 2. The average Bonchev–Trinajstić information content (AvgIpc) is 3.30. The van der Waals surface area contributed by atoms with E-state index in [1.165, 1.54) is 116 Å². The van der Waals surface area contributed by atoms with E-state index < -0.39 is 6.10 Å². The Labute approximate surface area is 397 Å². The molecule has 0 aromatic carbocycles. The SMILES string of the molecule is CC/C=C\C/C=C\C/C=C\C/C=C\CCCCCCCOCC(COC(=O)CCCCCCCCC/C=C\CCCCCCCC)OC(=O)CCCCCCC/C=C\C/C=C\CCC. The number of hydrogen-bond acceptors (Lipinski definition) is 5. The van der Waals surface area contributed by atoms with Crippen LogP contribution in [-0.2, 0) is 23.8 Å². The minimum atomic E-state index is -0.559. The molecule has 0 aliphatic rings. The number of allylic oxidation sites excluding steroid dienone is 14. The van der Waals surface area contributed by atoms with E-state index in [1.807, 2.05) is 0 Å². The van der Waals surface area contributed by atoms with Gasteiger partial charge in [-0.3, -0.25) is 9.59 Å². The Morgan fingerprint density at radius 2 is 0.734 bits per heavy atom. The molecular weight excluding hydrogens is 789 g/mol. The quantitative estimate of drug-likeness (QED) is 0.0346. The lowest BCUT2D eigenvalue weighted by Gasteiger charge is -2.18. The van der Waals surface area contributed by atoms with E-state index in [9.17, 15) is 9.59 Å². The van der Waals surface area contributed by atoms with Crippen LogP contribution >= 0.6 is 0 Å². The molecule has 0 bridgehead atoms. The molecule has 5 nitrogen and oxygen atoms in total. The van der Waals surface area contributed by atoms with Crippen molar-refractivity contribution in [2.45, 2.75) is 258 Å². The average molecular weight is 891 g/mol. The summed E-state index contributed by atoms with van der Waals surface area (Å²) in [6.07, 6.45) is 71.6. The van der Waals surface area contributed by atoms with Gasteiger partial charge in [0.05, 0.1) is 6.61 Å². The number of rotatable bonds is 49. The van der Waals surface area contributed by atoms with Gasteiger partial charge in [-0.15, -0.1) is 0 Å². The van der Waals surface area contributed by atoms with Gasteiger partial charge in [0.2, 0.25) is 0 Å². The maximum Gasteiger partial charge on any atom is 0.306 e. The van der Waals surface area contributed by atoms with E-state index in [2.05, 4.69) is 106 Å². The van der Waals surface area contributed by atoms with Crippen LogP contribution in [0.25, 0.3) is 0 Å². The zero-order valence-electron chi connectivity index (χ0n) is 42.3. The lowest BCUT2D eigenvalue weighted by molar-refractivity contribution is -0.163. The Balaban J connectivity index is 4.32. The molecule has 0 aromatic heterocycles. The Hall–Kier alpha value is -2.92. The molecule has 0 rings (SSSR count). The number of hydrogen-bond donors (Lipinski definition) is 0. The molecule has 1 unspecified atom stereocenters. The van der Waals surface area contributed by atoms with Crippen LogP contribution in [0.3, 0.4) is 0 Å². The summed E-state index contributed by atoms with van der Waals surface area (Å²) in [6, 6.07) is 0. The van der Waals surface area contributed by atoms with Gasteiger partial charge in [0.25, 0.3) is 0 Å². The molecule has 0 heterocycles. The molecule has 368 valence electrons. The van der Waals surface area contributed by atoms with Crippen molar-refractivity contribution in [1.82, 2.24) is 0 Å². The molecule has 0 radical (unpaired) electrons. The van der Waals surface area contributed by atoms with Crippen LogP contribution < -0.4 is 0 Å². The smallest absolute Gasteiger partial charge is 0.306 e. The predicted octanol–water partition coefficient (Wildman–Crippen LogP) is 18.5. The molecule has 0 saturated heterocycles. The highest BCUT2D eigenvalue weighted by Gasteiger charge is 2.17. The molecule has 5 heteroatoms. The third kappa shape index (κ3) is 51.7. The number of esters is 2. The zero-order chi connectivity index (χ0) is 46.3. The van der Waals surface area contributed by atoms with E-state index in [0.717, 1.165) is 103 Å². The third-order valence-corrected chi connectivity index (χ3v) is 11.4. The van der Waals surface area contributed by atoms with Gasteiger partial charge in [0, 0.05) is 19.4 Å². The number of carbonyl (C=O) groups is 2. The molecule has 0 fully saturated rings. The van der Waals surface area contributed by atoms with Gasteiger partial charge in [-0.1, -0.05) is 215 Å². The van der Waals surface area contributed by atoms with E-state index >= 15 is 0 Å². The lowest BCUT2D eigenvalue weighted by Crippen LogP contribution is -2.30. The topological polar surface area (TPSA) is 61.8 Å². The lowest BCUT2D eigenvalue weighted by atomic mass is 10.1. The molecule has 0 spiro atoms. The van der Waals surface area contributed by atoms with Gasteiger partial charge in [0.15, 0.2) is 6.10 Å². The first-order chi connectivity index (χ1) is 31.6. The molecule has 0 saturated carbocycles. The van der Waals surface area contributed by atoms with Crippen molar-refractivity contribution in [3.8, 4) is 0 Å². The van der Waals surface area contributed by atoms with Crippen molar-refractivity contribution in [3.63, 3.8) is 0 Å². The van der Waals surface area contributed by atoms with Crippen molar-refractivity contribution in [1.29, 1.82) is 0 Å². The van der Waals surface area contributed by atoms with Crippen molar-refractivity contribution in [2.24, 2.45) is 0 Å². The summed E-state index contributed by atoms with van der Waals surface area (Å²) in [5, 5.41) is 0. The highest BCUT2D eigenvalue weighted by atomic mass is 16.6. The molecule has 0 N–H and O–H groups in total. The number of unbranched alkanes of at least 4 members (excludes halogenated alkanes) is 24. The number of ether oxygens (including phenoxy) is 3. The summed E-state index contributed by atoms with van der Waals surface area (Å²) in [5.41, 5.74) is 0. The maximum absolute atomic E-state index is 12.8. The van der Waals surface area contributed by atoms with Crippen molar-refractivity contribution < 1.29 is 23.8 Å². The second-order valence-corrected chi connectivity index (χ2v) is 17.7. The first-order valence-corrected chi connectivity index (χ1v) is 27.1. The minimum absolute atomic E-state index is 0.0667. The minimum Gasteiger partial charge on any atom is -0.462 e. The van der Waals surface area contributed by atoms with Crippen LogP contribution in [0.5, 0.6) is 0 Å². The van der Waals surface area contributed by atoms with E-state index in [1.54, 1.807) is 0 Å². The monoisotopic (exact) mass is 891 g/mol. The van der Waals surface area contributed by atoms with Gasteiger partial charge >= 0.3 is 11.9 Å². The molecule has 64 heavy (non-hydrogen) atoms. The standard InChI is InChI=1S/C59H102O5/c1-4-7-10-13-16-19-22-25-27-29-31-33-36-39-42-45-48-51-54-62-55-57(64-59(61)53-50-47-44-41-38-34-24-21-18-15-12-9-6-3)56-63-58(60)52-49-46-43-40-37-35-32-30-28-26-23-20-17-14-11-8-5-2/h7,10,12,15-16,19,21,24-28,31,33,57H,4-6,8-9,11,13-14,17-18,20,22-23,29-30,32,34-56H2,1-3H3/b10-7-,15-12-,19-16-,24-21-,27-25-,28-26-,33-31-. The molecule has 0 aliphatic carbocycles. The van der Waals surface area contributed by atoms with E-state index in [-0.39, 0.29) is 25.2 Å². The Morgan fingerprint density at radius 3 is 1.20 bits per heavy atom. The largest absolute Gasteiger partial charge is 0.462 e. The predicted molar refractivity (Wildman–Crippen MR) is 279 cm³/mol. The molecule has 0 aromatic rings. The first kappa shape index (κ1) is 61.1. The van der Waals surface area contributed by atoms with Crippen molar-refractivity contribution in [3.05, 3.63) is 85.1 Å². The summed E-state index contributed by atoms with van der Waals surface area (Å²) in [4.78, 5) is 25.4. The van der Waals surface area contributed by atoms with Crippen LogP contribution in [0.2, 0.25) is 0 Å². The Bertz CT molecular complexity index is 1190. The van der Waals surface area contributed by atoms with Crippen LogP contribution in [0.15, 0.2) is 85.1 Å². The first-order valence-electron chi connectivity index (χ1n) is 27.1. The highest BCUT2D eigenvalue weighted by molar-refractivity contribution is 5.70. The third-order valence-electron chi connectivity index (χ3n) is 11.4. The van der Waals surface area contributed by atoms with Crippen molar-refractivity contribution >= 4 is 11.9 Å². The van der Waals surface area contributed by atoms with Crippen LogP contribution in [0, 0.1) is 0 Å². The highest BCUT2D eigenvalue weighted by Crippen LogP contribution is 2.14. The Kier molecular flexibility index (Phi) is 51.9. The van der Waals surface area contributed by atoms with Gasteiger partial charge in [-0.25, -0.2) is 0 Å². The fraction of sp³-hybridized carbons (Fsp3) is 0.729. The fourth-order valence-corrected chi connectivity index (χ4v) is 7.36. The van der Waals surface area contributed by atoms with E-state index in [0.29, 0.717) is 19.4 Å². The molecule has 0 amide bonds. The van der Waals surface area contributed by atoms with Crippen LogP contribution in [0.4, 0.5) is 0 Å². The summed E-state index contributed by atoms with van der Waals surface area (Å²) < 4.78 is 17.4. The zero-order valence-corrected chi connectivity index (χ0v) is 42.3. The summed E-state index contributed by atoms with van der Waals surface area (Å²) >= 11 is 0. The van der Waals surface area contributed by atoms with Gasteiger partial charge in [0.1, 0.15) is 6.61 Å². The summed E-state index contributed by atoms with van der Waals surface area (Å²) in [5.74, 6) is -0.428. The second kappa shape index (κ2) is 54.4. The molecule has 0 aliphatic heterocycles. The summed E-state index contributed by atoms with van der Waals surface area (Å²) in [7, 11) is 0. The Morgan fingerprint density at radius 1 is 0.359 bits per heavy atom.